The van der Waals surface area contributed by atoms with Crippen LogP contribution in [0.2, 0.25) is 0 Å². The van der Waals surface area contributed by atoms with Crippen LogP contribution in [0.3, 0.4) is 0 Å². The van der Waals surface area contributed by atoms with E-state index in [1.807, 2.05) is 0 Å². The SMILES string of the molecule is Cc1cc(N)cc(S(=O)(=O)N2CCC(C)(C(N)=O)C2)c1. The summed E-state index contributed by atoms with van der Waals surface area (Å²) in [6.07, 6.45) is 0.433. The monoisotopic (exact) mass is 297 g/mol. The summed E-state index contributed by atoms with van der Waals surface area (Å²) in [5, 5.41) is 0. The Kier molecular flexibility index (Phi) is 3.51. The molecule has 0 aliphatic carbocycles. The van der Waals surface area contributed by atoms with Gasteiger partial charge in [0.05, 0.1) is 10.3 Å². The first-order valence-corrected chi connectivity index (χ1v) is 7.76. The molecule has 1 fully saturated rings. The first-order chi connectivity index (χ1) is 9.15. The standard InChI is InChI=1S/C13H19N3O3S/c1-9-5-10(14)7-11(6-9)20(18,19)16-4-3-13(2,8-16)12(15)17/h5-7H,3-4,8,14H2,1-2H3,(H2,15,17). The van der Waals surface area contributed by atoms with Gasteiger partial charge in [-0.1, -0.05) is 0 Å². The summed E-state index contributed by atoms with van der Waals surface area (Å²) in [6, 6.07) is 4.71. The van der Waals surface area contributed by atoms with E-state index in [1.54, 1.807) is 26.0 Å². The third-order valence-electron chi connectivity index (χ3n) is 3.74. The van der Waals surface area contributed by atoms with E-state index in [0.717, 1.165) is 5.56 Å². The van der Waals surface area contributed by atoms with Crippen molar-refractivity contribution in [1.82, 2.24) is 4.31 Å². The first-order valence-electron chi connectivity index (χ1n) is 6.32. The second-order valence-corrected chi connectivity index (χ2v) is 7.53. The zero-order valence-corrected chi connectivity index (χ0v) is 12.4. The first kappa shape index (κ1) is 14.8. The fourth-order valence-corrected chi connectivity index (χ4v) is 4.10. The van der Waals surface area contributed by atoms with Crippen molar-refractivity contribution < 1.29 is 13.2 Å². The second-order valence-electron chi connectivity index (χ2n) is 5.59. The van der Waals surface area contributed by atoms with Crippen molar-refractivity contribution in [2.45, 2.75) is 25.2 Å². The Morgan fingerprint density at radius 1 is 1.35 bits per heavy atom. The van der Waals surface area contributed by atoms with Gasteiger partial charge in [-0.05, 0) is 44.0 Å². The number of sulfonamides is 1. The van der Waals surface area contributed by atoms with Gasteiger partial charge in [0.1, 0.15) is 0 Å². The van der Waals surface area contributed by atoms with Crippen LogP contribution in [-0.2, 0) is 14.8 Å². The van der Waals surface area contributed by atoms with Crippen molar-refractivity contribution in [2.75, 3.05) is 18.8 Å². The number of nitrogens with zero attached hydrogens (tertiary/aromatic N) is 1. The van der Waals surface area contributed by atoms with Gasteiger partial charge in [-0.2, -0.15) is 4.31 Å². The van der Waals surface area contributed by atoms with Crippen molar-refractivity contribution in [1.29, 1.82) is 0 Å². The number of nitrogen functional groups attached to an aromatic ring is 1. The zero-order valence-electron chi connectivity index (χ0n) is 11.6. The van der Waals surface area contributed by atoms with E-state index in [0.29, 0.717) is 12.1 Å². The van der Waals surface area contributed by atoms with Crippen molar-refractivity contribution in [3.63, 3.8) is 0 Å². The normalized spacial score (nSPS) is 23.9. The summed E-state index contributed by atoms with van der Waals surface area (Å²) in [6.45, 7) is 3.87. The van der Waals surface area contributed by atoms with Gasteiger partial charge in [-0.25, -0.2) is 8.42 Å². The average Bonchev–Trinajstić information content (AvgIpc) is 2.73. The summed E-state index contributed by atoms with van der Waals surface area (Å²) in [5.41, 5.74) is 11.4. The molecule has 1 unspecified atom stereocenters. The fourth-order valence-electron chi connectivity index (χ4n) is 2.40. The lowest BCUT2D eigenvalue weighted by Gasteiger charge is -2.21. The molecule has 2 rings (SSSR count). The zero-order chi connectivity index (χ0) is 15.1. The maximum Gasteiger partial charge on any atom is 0.243 e. The van der Waals surface area contributed by atoms with Crippen molar-refractivity contribution in [3.8, 4) is 0 Å². The van der Waals surface area contributed by atoms with E-state index in [1.165, 1.54) is 10.4 Å². The molecule has 7 heteroatoms. The molecule has 1 aliphatic rings. The van der Waals surface area contributed by atoms with Crippen LogP contribution in [-0.4, -0.2) is 31.7 Å². The molecule has 20 heavy (non-hydrogen) atoms. The number of aryl methyl sites for hydroxylation is 1. The van der Waals surface area contributed by atoms with Gasteiger partial charge in [-0.3, -0.25) is 4.79 Å². The highest BCUT2D eigenvalue weighted by Crippen LogP contribution is 2.33. The van der Waals surface area contributed by atoms with Crippen molar-refractivity contribution in [2.24, 2.45) is 11.1 Å². The molecule has 0 bridgehead atoms. The Hall–Kier alpha value is -1.60. The van der Waals surface area contributed by atoms with E-state index in [2.05, 4.69) is 0 Å². The van der Waals surface area contributed by atoms with Crippen LogP contribution in [0.25, 0.3) is 0 Å². The minimum absolute atomic E-state index is 0.110. The number of carbonyl (C=O) groups is 1. The molecule has 1 aromatic rings. The number of anilines is 1. The van der Waals surface area contributed by atoms with Gasteiger partial charge in [-0.15, -0.1) is 0 Å². The van der Waals surface area contributed by atoms with Crippen LogP contribution in [0, 0.1) is 12.3 Å². The van der Waals surface area contributed by atoms with Crippen LogP contribution >= 0.6 is 0 Å². The lowest BCUT2D eigenvalue weighted by atomic mass is 9.89. The lowest BCUT2D eigenvalue weighted by Crippen LogP contribution is -2.38. The minimum atomic E-state index is -3.64. The molecule has 1 heterocycles. The Balaban J connectivity index is 2.35. The number of hydrogen-bond acceptors (Lipinski definition) is 4. The third-order valence-corrected chi connectivity index (χ3v) is 5.57. The van der Waals surface area contributed by atoms with E-state index < -0.39 is 21.3 Å². The van der Waals surface area contributed by atoms with Crippen LogP contribution in [0.1, 0.15) is 18.9 Å². The maximum atomic E-state index is 12.6. The summed E-state index contributed by atoms with van der Waals surface area (Å²) in [5.74, 6) is -0.473. The van der Waals surface area contributed by atoms with Gasteiger partial charge >= 0.3 is 0 Å². The summed E-state index contributed by atoms with van der Waals surface area (Å²) >= 11 is 0. The Morgan fingerprint density at radius 2 is 2.00 bits per heavy atom. The van der Waals surface area contributed by atoms with E-state index in [-0.39, 0.29) is 18.0 Å². The molecule has 6 nitrogen and oxygen atoms in total. The van der Waals surface area contributed by atoms with E-state index >= 15 is 0 Å². The molecule has 4 N–H and O–H groups in total. The minimum Gasteiger partial charge on any atom is -0.399 e. The number of rotatable bonds is 3. The van der Waals surface area contributed by atoms with Gasteiger partial charge in [0, 0.05) is 18.8 Å². The highest BCUT2D eigenvalue weighted by molar-refractivity contribution is 7.89. The third kappa shape index (κ3) is 2.51. The lowest BCUT2D eigenvalue weighted by molar-refractivity contribution is -0.126. The van der Waals surface area contributed by atoms with Crippen LogP contribution in [0.5, 0.6) is 0 Å². The molecule has 110 valence electrons. The number of nitrogens with two attached hydrogens (primary N) is 2. The summed E-state index contributed by atoms with van der Waals surface area (Å²) < 4.78 is 26.4. The number of benzene rings is 1. The van der Waals surface area contributed by atoms with Gasteiger partial charge in [0.2, 0.25) is 15.9 Å². The quantitative estimate of drug-likeness (QED) is 0.790. The Labute approximate surface area is 118 Å². The molecular formula is C13H19N3O3S. The molecule has 1 saturated heterocycles. The molecule has 1 aliphatic heterocycles. The topological polar surface area (TPSA) is 106 Å². The van der Waals surface area contributed by atoms with Gasteiger partial charge < -0.3 is 11.5 Å². The number of hydrogen-bond donors (Lipinski definition) is 2. The number of primary amides is 1. The number of carbonyl (C=O) groups excluding carboxylic acids is 1. The van der Waals surface area contributed by atoms with Crippen LogP contribution in [0.15, 0.2) is 23.1 Å². The average molecular weight is 297 g/mol. The van der Waals surface area contributed by atoms with Gasteiger partial charge in [0.15, 0.2) is 0 Å². The predicted molar refractivity (Wildman–Crippen MR) is 76.3 cm³/mol. The summed E-state index contributed by atoms with van der Waals surface area (Å²) in [4.78, 5) is 11.6. The van der Waals surface area contributed by atoms with E-state index in [4.69, 9.17) is 11.5 Å². The Bertz CT molecular complexity index is 637. The molecule has 1 amide bonds. The van der Waals surface area contributed by atoms with Crippen LogP contribution < -0.4 is 11.5 Å². The largest absolute Gasteiger partial charge is 0.399 e. The van der Waals surface area contributed by atoms with Crippen LogP contribution in [0.4, 0.5) is 5.69 Å². The molecule has 0 spiro atoms. The predicted octanol–water partition coefficient (Wildman–Crippen LogP) is 0.463. The summed E-state index contributed by atoms with van der Waals surface area (Å²) in [7, 11) is -3.64. The maximum absolute atomic E-state index is 12.6. The highest BCUT2D eigenvalue weighted by atomic mass is 32.2. The number of amides is 1. The molecule has 1 aromatic carbocycles. The van der Waals surface area contributed by atoms with E-state index in [9.17, 15) is 13.2 Å². The highest BCUT2D eigenvalue weighted by Gasteiger charge is 2.43. The Morgan fingerprint density at radius 3 is 2.50 bits per heavy atom. The van der Waals surface area contributed by atoms with Crippen molar-refractivity contribution in [3.05, 3.63) is 23.8 Å². The smallest absolute Gasteiger partial charge is 0.243 e. The van der Waals surface area contributed by atoms with Gasteiger partial charge in [0.25, 0.3) is 0 Å². The molecular weight excluding hydrogens is 278 g/mol. The second kappa shape index (κ2) is 4.75. The fraction of sp³-hybridized carbons (Fsp3) is 0.462. The molecule has 0 radical (unpaired) electrons. The van der Waals surface area contributed by atoms with Crippen molar-refractivity contribution >= 4 is 21.6 Å². The molecule has 1 atom stereocenters. The molecule has 0 saturated carbocycles. The molecule has 0 aromatic heterocycles.